The Hall–Kier alpha value is -0.860. The first-order valence-electron chi connectivity index (χ1n) is 15.2. The highest BCUT2D eigenvalue weighted by Gasteiger charge is 1.99. The van der Waals surface area contributed by atoms with Crippen LogP contribution in [-0.4, -0.2) is 19.4 Å². The summed E-state index contributed by atoms with van der Waals surface area (Å²) in [5.41, 5.74) is 0. The zero-order chi connectivity index (χ0) is 25.4. The normalized spacial score (nSPS) is 10.6. The van der Waals surface area contributed by atoms with Crippen molar-refractivity contribution in [2.24, 2.45) is 0 Å². The Labute approximate surface area is 214 Å². The second-order valence-electron chi connectivity index (χ2n) is 10.1. The quantitative estimate of drug-likeness (QED) is 0.0699. The topological polar surface area (TPSA) is 43.4 Å². The fraction of sp³-hybridized carbons (Fsp3) is 0.935. The van der Waals surface area contributed by atoms with Crippen LogP contribution in [0.2, 0.25) is 0 Å². The van der Waals surface area contributed by atoms with Gasteiger partial charge in [-0.15, -0.1) is 0 Å². The smallest absolute Gasteiger partial charge is 0.305 e. The predicted octanol–water partition coefficient (Wildman–Crippen LogP) is 10.5. The molecule has 0 heterocycles. The first kappa shape index (κ1) is 35.3. The van der Waals surface area contributed by atoms with E-state index in [1.54, 1.807) is 0 Å². The van der Waals surface area contributed by atoms with E-state index in [0.717, 1.165) is 25.5 Å². The molecule has 34 heavy (non-hydrogen) atoms. The molecule has 0 N–H and O–H groups in total. The highest BCUT2D eigenvalue weighted by atomic mass is 16.5. The van der Waals surface area contributed by atoms with E-state index >= 15 is 0 Å². The van der Waals surface area contributed by atoms with E-state index < -0.39 is 0 Å². The molecule has 0 saturated heterocycles. The third kappa shape index (κ3) is 35.7. The van der Waals surface area contributed by atoms with Gasteiger partial charge in [-0.1, -0.05) is 155 Å². The molecule has 0 spiro atoms. The molecule has 0 saturated carbocycles. The Balaban J connectivity index is 0. The minimum absolute atomic E-state index is 0.0686. The van der Waals surface area contributed by atoms with E-state index in [9.17, 15) is 9.59 Å². The lowest BCUT2D eigenvalue weighted by Crippen LogP contribution is -1.99. The Morgan fingerprint density at radius 1 is 0.500 bits per heavy atom. The lowest BCUT2D eigenvalue weighted by Gasteiger charge is -2.02. The SMILES string of the molecule is CCCCCCCCCCCCCC(=O)OC.CCCCCCCCCCCCCCCC=O. The molecule has 204 valence electrons. The Bertz CT molecular complexity index is 381. The van der Waals surface area contributed by atoms with Crippen molar-refractivity contribution in [3.8, 4) is 0 Å². The lowest BCUT2D eigenvalue weighted by molar-refractivity contribution is -0.140. The maximum Gasteiger partial charge on any atom is 0.305 e. The molecular formula is C31H62O3. The molecule has 0 aromatic rings. The van der Waals surface area contributed by atoms with Crippen molar-refractivity contribution in [1.82, 2.24) is 0 Å². The summed E-state index contributed by atoms with van der Waals surface area (Å²) < 4.78 is 4.60. The van der Waals surface area contributed by atoms with Gasteiger partial charge in [-0.3, -0.25) is 4.79 Å². The summed E-state index contributed by atoms with van der Waals surface area (Å²) in [4.78, 5) is 21.0. The maximum atomic E-state index is 10.8. The number of aldehydes is 1. The fourth-order valence-electron chi connectivity index (χ4n) is 4.28. The molecule has 3 heteroatoms. The van der Waals surface area contributed by atoms with Crippen molar-refractivity contribution in [3.63, 3.8) is 0 Å². The standard InChI is InChI=1S/C16H32O.C15H30O2/c1-2-3-4-5-6-7-8-9-10-11-12-13-14-15-16-17;1-3-4-5-6-7-8-9-10-11-12-13-14-15(16)17-2/h16H,2-15H2,1H3;3-14H2,1-2H3. The van der Waals surface area contributed by atoms with Gasteiger partial charge in [0.15, 0.2) is 0 Å². The van der Waals surface area contributed by atoms with Crippen molar-refractivity contribution in [3.05, 3.63) is 0 Å². The predicted molar refractivity (Wildman–Crippen MR) is 149 cm³/mol. The zero-order valence-corrected chi connectivity index (χ0v) is 23.7. The first-order chi connectivity index (χ1) is 16.7. The van der Waals surface area contributed by atoms with Crippen LogP contribution in [-0.2, 0) is 14.3 Å². The molecule has 0 bridgehead atoms. The average Bonchev–Trinajstić information content (AvgIpc) is 2.85. The molecule has 0 fully saturated rings. The van der Waals surface area contributed by atoms with Gasteiger partial charge in [0, 0.05) is 12.8 Å². The van der Waals surface area contributed by atoms with E-state index in [1.807, 2.05) is 0 Å². The van der Waals surface area contributed by atoms with Gasteiger partial charge in [0.1, 0.15) is 6.29 Å². The van der Waals surface area contributed by atoms with E-state index in [2.05, 4.69) is 18.6 Å². The summed E-state index contributed by atoms with van der Waals surface area (Å²) in [6, 6.07) is 0. The van der Waals surface area contributed by atoms with Gasteiger partial charge in [-0.2, -0.15) is 0 Å². The molecule has 0 unspecified atom stereocenters. The summed E-state index contributed by atoms with van der Waals surface area (Å²) >= 11 is 0. The van der Waals surface area contributed by atoms with E-state index in [1.165, 1.54) is 148 Å². The van der Waals surface area contributed by atoms with Gasteiger partial charge in [0.25, 0.3) is 0 Å². The summed E-state index contributed by atoms with van der Waals surface area (Å²) in [7, 11) is 1.46. The van der Waals surface area contributed by atoms with Crippen molar-refractivity contribution < 1.29 is 14.3 Å². The van der Waals surface area contributed by atoms with Crippen LogP contribution in [0.3, 0.4) is 0 Å². The van der Waals surface area contributed by atoms with Crippen molar-refractivity contribution >= 4 is 12.3 Å². The Morgan fingerprint density at radius 2 is 0.794 bits per heavy atom. The number of hydrogen-bond acceptors (Lipinski definition) is 3. The third-order valence-electron chi connectivity index (χ3n) is 6.64. The van der Waals surface area contributed by atoms with Crippen LogP contribution in [0.1, 0.15) is 181 Å². The molecule has 0 aliphatic carbocycles. The monoisotopic (exact) mass is 482 g/mol. The summed E-state index contributed by atoms with van der Waals surface area (Å²) in [5, 5.41) is 0. The lowest BCUT2D eigenvalue weighted by atomic mass is 10.0. The number of esters is 1. The second kappa shape index (κ2) is 34.3. The molecule has 0 amide bonds. The molecule has 0 aliphatic rings. The van der Waals surface area contributed by atoms with Crippen LogP contribution < -0.4 is 0 Å². The van der Waals surface area contributed by atoms with E-state index in [-0.39, 0.29) is 5.97 Å². The number of carbonyl (C=O) groups excluding carboxylic acids is 2. The highest BCUT2D eigenvalue weighted by molar-refractivity contribution is 5.68. The fourth-order valence-corrected chi connectivity index (χ4v) is 4.28. The largest absolute Gasteiger partial charge is 0.469 e. The van der Waals surface area contributed by atoms with Crippen LogP contribution >= 0.6 is 0 Å². The van der Waals surface area contributed by atoms with Gasteiger partial charge < -0.3 is 9.53 Å². The van der Waals surface area contributed by atoms with Crippen LogP contribution in [0.5, 0.6) is 0 Å². The van der Waals surface area contributed by atoms with Crippen LogP contribution in [0.15, 0.2) is 0 Å². The molecule has 0 radical (unpaired) electrons. The number of ether oxygens (including phenoxy) is 1. The molecule has 0 aliphatic heterocycles. The average molecular weight is 483 g/mol. The minimum atomic E-state index is -0.0686. The van der Waals surface area contributed by atoms with Gasteiger partial charge in [-0.25, -0.2) is 0 Å². The molecule has 0 rings (SSSR count). The second-order valence-corrected chi connectivity index (χ2v) is 10.1. The van der Waals surface area contributed by atoms with Crippen LogP contribution in [0.4, 0.5) is 0 Å². The van der Waals surface area contributed by atoms with E-state index in [0.29, 0.717) is 6.42 Å². The van der Waals surface area contributed by atoms with Crippen molar-refractivity contribution in [2.75, 3.05) is 7.11 Å². The number of unbranched alkanes of at least 4 members (excludes halogenated alkanes) is 23. The first-order valence-corrected chi connectivity index (χ1v) is 15.2. The molecule has 0 aromatic carbocycles. The Morgan fingerprint density at radius 3 is 1.09 bits per heavy atom. The number of methoxy groups -OCH3 is 1. The van der Waals surface area contributed by atoms with Crippen molar-refractivity contribution in [2.45, 2.75) is 181 Å². The summed E-state index contributed by atoms with van der Waals surface area (Å²) in [6.07, 6.45) is 34.7. The molecular weight excluding hydrogens is 420 g/mol. The zero-order valence-electron chi connectivity index (χ0n) is 23.7. The molecule has 0 atom stereocenters. The summed E-state index contributed by atoms with van der Waals surface area (Å²) in [6.45, 7) is 4.53. The number of rotatable bonds is 26. The maximum absolute atomic E-state index is 10.8. The summed E-state index contributed by atoms with van der Waals surface area (Å²) in [5.74, 6) is -0.0686. The van der Waals surface area contributed by atoms with Crippen LogP contribution in [0, 0.1) is 0 Å². The van der Waals surface area contributed by atoms with E-state index in [4.69, 9.17) is 0 Å². The minimum Gasteiger partial charge on any atom is -0.469 e. The molecule has 0 aromatic heterocycles. The number of hydrogen-bond donors (Lipinski definition) is 0. The van der Waals surface area contributed by atoms with Gasteiger partial charge in [0.2, 0.25) is 0 Å². The van der Waals surface area contributed by atoms with Crippen molar-refractivity contribution in [1.29, 1.82) is 0 Å². The third-order valence-corrected chi connectivity index (χ3v) is 6.64. The Kier molecular flexibility index (Phi) is 35.6. The van der Waals surface area contributed by atoms with Gasteiger partial charge in [0.05, 0.1) is 7.11 Å². The van der Waals surface area contributed by atoms with Gasteiger partial charge >= 0.3 is 5.97 Å². The number of carbonyl (C=O) groups is 2. The van der Waals surface area contributed by atoms with Crippen LogP contribution in [0.25, 0.3) is 0 Å². The molecule has 3 nitrogen and oxygen atoms in total. The van der Waals surface area contributed by atoms with Gasteiger partial charge in [-0.05, 0) is 12.8 Å². The highest BCUT2D eigenvalue weighted by Crippen LogP contribution is 2.13.